The lowest BCUT2D eigenvalue weighted by Gasteiger charge is -2.34. The number of aromatic nitrogens is 1. The van der Waals surface area contributed by atoms with Crippen molar-refractivity contribution in [1.82, 2.24) is 14.8 Å². The van der Waals surface area contributed by atoms with Gasteiger partial charge in [-0.25, -0.2) is 4.79 Å². The van der Waals surface area contributed by atoms with E-state index in [4.69, 9.17) is 4.74 Å². The van der Waals surface area contributed by atoms with Gasteiger partial charge in [-0.05, 0) is 49.1 Å². The first-order valence-electron chi connectivity index (χ1n) is 11.2. The monoisotopic (exact) mass is 422 g/mol. The minimum Gasteiger partial charge on any atom is -0.493 e. The molecule has 2 aliphatic rings. The maximum atomic E-state index is 13.0. The highest BCUT2D eigenvalue weighted by atomic mass is 16.5. The van der Waals surface area contributed by atoms with Gasteiger partial charge in [0.05, 0.1) is 18.5 Å². The molecule has 0 atom stereocenters. The number of urea groups is 1. The number of nitrogens with zero attached hydrogens (tertiary/aromatic N) is 3. The molecule has 1 saturated heterocycles. The van der Waals surface area contributed by atoms with Crippen molar-refractivity contribution >= 4 is 17.6 Å². The molecule has 164 valence electrons. The summed E-state index contributed by atoms with van der Waals surface area (Å²) in [6, 6.07) is 10.9. The number of piperazine rings is 1. The lowest BCUT2D eigenvalue weighted by atomic mass is 9.90. The number of rotatable bonds is 5. The number of pyridine rings is 1. The summed E-state index contributed by atoms with van der Waals surface area (Å²) in [6.45, 7) is 2.73. The molecule has 31 heavy (non-hydrogen) atoms. The molecule has 1 N–H and O–H groups in total. The van der Waals surface area contributed by atoms with Crippen molar-refractivity contribution in [3.05, 3.63) is 54.4 Å². The fraction of sp³-hybridized carbons (Fsp3) is 0.458. The predicted molar refractivity (Wildman–Crippen MR) is 119 cm³/mol. The van der Waals surface area contributed by atoms with Gasteiger partial charge in [0, 0.05) is 37.9 Å². The molecule has 1 saturated carbocycles. The Kier molecular flexibility index (Phi) is 7.02. The van der Waals surface area contributed by atoms with Crippen molar-refractivity contribution in [1.29, 1.82) is 0 Å². The minimum atomic E-state index is -0.168. The summed E-state index contributed by atoms with van der Waals surface area (Å²) in [5.74, 6) is 1.36. The van der Waals surface area contributed by atoms with Crippen LogP contribution in [-0.4, -0.2) is 59.5 Å². The van der Waals surface area contributed by atoms with Gasteiger partial charge < -0.3 is 19.9 Å². The maximum Gasteiger partial charge on any atom is 0.322 e. The summed E-state index contributed by atoms with van der Waals surface area (Å²) >= 11 is 0. The van der Waals surface area contributed by atoms with Crippen molar-refractivity contribution in [3.63, 3.8) is 0 Å². The van der Waals surface area contributed by atoms with Crippen molar-refractivity contribution < 1.29 is 14.3 Å². The Labute approximate surface area is 183 Å². The molecular weight excluding hydrogens is 392 g/mol. The molecule has 7 heteroatoms. The second-order valence-corrected chi connectivity index (χ2v) is 8.29. The minimum absolute atomic E-state index is 0.0181. The molecule has 1 aliphatic carbocycles. The number of ether oxygens (including phenoxy) is 1. The van der Waals surface area contributed by atoms with Crippen LogP contribution in [0.25, 0.3) is 0 Å². The van der Waals surface area contributed by atoms with Gasteiger partial charge in [-0.3, -0.25) is 9.78 Å². The zero-order valence-electron chi connectivity index (χ0n) is 17.8. The van der Waals surface area contributed by atoms with E-state index < -0.39 is 0 Å². The summed E-state index contributed by atoms with van der Waals surface area (Å²) in [5, 5.41) is 2.84. The standard InChI is InChI=1S/C24H30N4O3/c29-23(20-8-4-10-22(16-20)31-18-19-6-2-1-3-7-19)27-12-14-28(15-13-27)24(30)26-21-9-5-11-25-17-21/h4-5,8-11,16-17,19H,1-3,6-7,12-15,18H2,(H,26,30). The van der Waals surface area contributed by atoms with Crippen LogP contribution in [0, 0.1) is 5.92 Å². The number of carbonyl (C=O) groups excluding carboxylic acids is 2. The van der Waals surface area contributed by atoms with Crippen LogP contribution in [0.2, 0.25) is 0 Å². The third-order valence-corrected chi connectivity index (χ3v) is 6.06. The van der Waals surface area contributed by atoms with E-state index in [0.29, 0.717) is 43.3 Å². The Morgan fingerprint density at radius 3 is 2.52 bits per heavy atom. The van der Waals surface area contributed by atoms with Crippen LogP contribution >= 0.6 is 0 Å². The SMILES string of the molecule is O=C(Nc1cccnc1)N1CCN(C(=O)c2cccc(OCC3CCCCC3)c2)CC1. The highest BCUT2D eigenvalue weighted by Gasteiger charge is 2.25. The van der Waals surface area contributed by atoms with E-state index in [2.05, 4.69) is 10.3 Å². The first-order chi connectivity index (χ1) is 15.2. The van der Waals surface area contributed by atoms with Crippen molar-refractivity contribution in [2.45, 2.75) is 32.1 Å². The number of amides is 3. The summed E-state index contributed by atoms with van der Waals surface area (Å²) in [7, 11) is 0. The highest BCUT2D eigenvalue weighted by molar-refractivity contribution is 5.95. The van der Waals surface area contributed by atoms with Gasteiger partial charge >= 0.3 is 6.03 Å². The van der Waals surface area contributed by atoms with E-state index in [1.54, 1.807) is 34.3 Å². The van der Waals surface area contributed by atoms with Crippen LogP contribution in [0.3, 0.4) is 0 Å². The number of nitrogens with one attached hydrogen (secondary N) is 1. The molecule has 3 amide bonds. The van der Waals surface area contributed by atoms with Gasteiger partial charge in [0.15, 0.2) is 0 Å². The molecule has 0 bridgehead atoms. The Morgan fingerprint density at radius 2 is 1.77 bits per heavy atom. The number of hydrogen-bond donors (Lipinski definition) is 1. The number of anilines is 1. The molecule has 0 unspecified atom stereocenters. The quantitative estimate of drug-likeness (QED) is 0.789. The van der Waals surface area contributed by atoms with E-state index in [9.17, 15) is 9.59 Å². The van der Waals surface area contributed by atoms with Crippen LogP contribution < -0.4 is 10.1 Å². The Hall–Kier alpha value is -3.09. The van der Waals surface area contributed by atoms with Gasteiger partial charge in [0.2, 0.25) is 0 Å². The molecule has 1 aromatic heterocycles. The van der Waals surface area contributed by atoms with Gasteiger partial charge in [0.1, 0.15) is 5.75 Å². The smallest absolute Gasteiger partial charge is 0.322 e. The highest BCUT2D eigenvalue weighted by Crippen LogP contribution is 2.25. The topological polar surface area (TPSA) is 74.8 Å². The molecule has 7 nitrogen and oxygen atoms in total. The molecule has 1 aromatic carbocycles. The Bertz CT molecular complexity index is 875. The van der Waals surface area contributed by atoms with Gasteiger partial charge in [-0.1, -0.05) is 25.3 Å². The van der Waals surface area contributed by atoms with Crippen molar-refractivity contribution in [3.8, 4) is 5.75 Å². The van der Waals surface area contributed by atoms with Crippen LogP contribution in [-0.2, 0) is 0 Å². The van der Waals surface area contributed by atoms with Crippen LogP contribution in [0.1, 0.15) is 42.5 Å². The average molecular weight is 423 g/mol. The lowest BCUT2D eigenvalue weighted by Crippen LogP contribution is -2.51. The van der Waals surface area contributed by atoms with Crippen LogP contribution in [0.15, 0.2) is 48.8 Å². The van der Waals surface area contributed by atoms with Crippen molar-refractivity contribution in [2.24, 2.45) is 5.92 Å². The molecule has 2 aromatic rings. The van der Waals surface area contributed by atoms with E-state index in [1.807, 2.05) is 24.3 Å². The van der Waals surface area contributed by atoms with Gasteiger partial charge in [-0.2, -0.15) is 0 Å². The maximum absolute atomic E-state index is 13.0. The normalized spacial score (nSPS) is 17.3. The fourth-order valence-electron chi connectivity index (χ4n) is 4.22. The summed E-state index contributed by atoms with van der Waals surface area (Å²) in [6.07, 6.45) is 9.65. The first kappa shape index (κ1) is 21.2. The Balaban J connectivity index is 1.27. The largest absolute Gasteiger partial charge is 0.493 e. The molecule has 2 fully saturated rings. The summed E-state index contributed by atoms with van der Waals surface area (Å²) < 4.78 is 5.99. The number of carbonyl (C=O) groups is 2. The van der Waals surface area contributed by atoms with E-state index in [0.717, 1.165) is 12.4 Å². The Morgan fingerprint density at radius 1 is 1.00 bits per heavy atom. The molecule has 4 rings (SSSR count). The third-order valence-electron chi connectivity index (χ3n) is 6.06. The third kappa shape index (κ3) is 5.75. The van der Waals surface area contributed by atoms with E-state index in [1.165, 1.54) is 32.1 Å². The molecule has 1 aliphatic heterocycles. The molecule has 0 spiro atoms. The zero-order valence-corrected chi connectivity index (χ0v) is 17.8. The van der Waals surface area contributed by atoms with Crippen LogP contribution in [0.5, 0.6) is 5.75 Å². The number of hydrogen-bond acceptors (Lipinski definition) is 4. The second kappa shape index (κ2) is 10.3. The lowest BCUT2D eigenvalue weighted by molar-refractivity contribution is 0.0671. The van der Waals surface area contributed by atoms with Crippen molar-refractivity contribution in [2.75, 3.05) is 38.1 Å². The van der Waals surface area contributed by atoms with E-state index >= 15 is 0 Å². The molecular formula is C24H30N4O3. The van der Waals surface area contributed by atoms with Crippen LogP contribution in [0.4, 0.5) is 10.5 Å². The zero-order chi connectivity index (χ0) is 21.5. The molecule has 2 heterocycles. The van der Waals surface area contributed by atoms with Gasteiger partial charge in [0.25, 0.3) is 5.91 Å². The molecule has 0 radical (unpaired) electrons. The summed E-state index contributed by atoms with van der Waals surface area (Å²) in [4.78, 5) is 32.9. The average Bonchev–Trinajstić information content (AvgIpc) is 2.84. The van der Waals surface area contributed by atoms with Gasteiger partial charge in [-0.15, -0.1) is 0 Å². The number of benzene rings is 1. The van der Waals surface area contributed by atoms with E-state index in [-0.39, 0.29) is 11.9 Å². The predicted octanol–water partition coefficient (Wildman–Crippen LogP) is 4.03. The fourth-order valence-corrected chi connectivity index (χ4v) is 4.22. The first-order valence-corrected chi connectivity index (χ1v) is 11.2. The summed E-state index contributed by atoms with van der Waals surface area (Å²) in [5.41, 5.74) is 1.30. The second-order valence-electron chi connectivity index (χ2n) is 8.29.